The van der Waals surface area contributed by atoms with E-state index < -0.39 is 5.92 Å². The van der Waals surface area contributed by atoms with Gasteiger partial charge in [0, 0.05) is 37.1 Å². The lowest BCUT2D eigenvalue weighted by Crippen LogP contribution is -2.50. The normalized spacial score (nSPS) is 21.1. The van der Waals surface area contributed by atoms with Gasteiger partial charge in [-0.1, -0.05) is 34.6 Å². The van der Waals surface area contributed by atoms with Gasteiger partial charge >= 0.3 is 0 Å². The van der Waals surface area contributed by atoms with E-state index in [1.165, 1.54) is 0 Å². The fourth-order valence-corrected chi connectivity index (χ4v) is 4.37. The number of aromatic nitrogens is 2. The second-order valence-corrected chi connectivity index (χ2v) is 9.51. The predicted octanol–water partition coefficient (Wildman–Crippen LogP) is 4.74. The number of halogens is 2. The summed E-state index contributed by atoms with van der Waals surface area (Å²) >= 11 is 0. The number of nitrogens with one attached hydrogen (secondary N) is 1. The van der Waals surface area contributed by atoms with Crippen LogP contribution in [0.4, 0.5) is 14.6 Å². The van der Waals surface area contributed by atoms with Gasteiger partial charge in [0.1, 0.15) is 0 Å². The molecule has 25 heavy (non-hydrogen) atoms. The Bertz CT molecular complexity index is 678. The summed E-state index contributed by atoms with van der Waals surface area (Å²) in [5, 5.41) is 7.57. The van der Waals surface area contributed by atoms with Gasteiger partial charge in [-0.05, 0) is 29.6 Å². The molecule has 3 rings (SSSR count). The van der Waals surface area contributed by atoms with E-state index in [0.29, 0.717) is 25.2 Å². The SMILES string of the molecule is CC(C)c1c(NC(=O)CC(C)(C)C)nn2c1CC1(CC2)CC(F)(F)C1. The molecule has 0 unspecified atom stereocenters. The lowest BCUT2D eigenvalue weighted by molar-refractivity contribution is -0.169. The van der Waals surface area contributed by atoms with Gasteiger partial charge in [0.2, 0.25) is 11.8 Å². The standard InChI is InChI=1S/C19H29F2N3O/c1-12(2)15-13-8-18(10-19(20,21)11-18)6-7-24(13)23-16(15)22-14(25)9-17(3,4)5/h12H,6-11H2,1-5H3,(H,22,23,25). The zero-order valence-corrected chi connectivity index (χ0v) is 15.9. The second-order valence-electron chi connectivity index (χ2n) is 9.51. The Hall–Kier alpha value is -1.46. The molecule has 0 bridgehead atoms. The molecule has 2 heterocycles. The van der Waals surface area contributed by atoms with E-state index in [1.807, 2.05) is 25.5 Å². The highest BCUT2D eigenvalue weighted by Crippen LogP contribution is 2.57. The fourth-order valence-electron chi connectivity index (χ4n) is 4.37. The summed E-state index contributed by atoms with van der Waals surface area (Å²) in [6.07, 6.45) is 1.76. The van der Waals surface area contributed by atoms with Gasteiger partial charge in [0.25, 0.3) is 0 Å². The van der Waals surface area contributed by atoms with Gasteiger partial charge < -0.3 is 5.32 Å². The van der Waals surface area contributed by atoms with Crippen molar-refractivity contribution in [3.63, 3.8) is 0 Å². The first kappa shape index (κ1) is 18.3. The summed E-state index contributed by atoms with van der Waals surface area (Å²) in [6.45, 7) is 10.8. The number of fused-ring (bicyclic) bond motifs is 1. The largest absolute Gasteiger partial charge is 0.309 e. The zero-order valence-electron chi connectivity index (χ0n) is 15.9. The van der Waals surface area contributed by atoms with Gasteiger partial charge in [0.15, 0.2) is 5.82 Å². The molecule has 0 aromatic carbocycles. The fraction of sp³-hybridized carbons (Fsp3) is 0.789. The van der Waals surface area contributed by atoms with E-state index in [-0.39, 0.29) is 35.5 Å². The van der Waals surface area contributed by atoms with Crippen LogP contribution in [0.25, 0.3) is 0 Å². The third-order valence-corrected chi connectivity index (χ3v) is 5.29. The zero-order chi connectivity index (χ0) is 18.6. The Morgan fingerprint density at radius 3 is 2.48 bits per heavy atom. The van der Waals surface area contributed by atoms with E-state index in [2.05, 4.69) is 24.3 Å². The number of hydrogen-bond donors (Lipinski definition) is 1. The molecule has 2 aliphatic rings. The Labute approximate surface area is 148 Å². The average Bonchev–Trinajstić information content (AvgIpc) is 2.70. The van der Waals surface area contributed by atoms with Crippen LogP contribution in [0.3, 0.4) is 0 Å². The van der Waals surface area contributed by atoms with Crippen molar-refractivity contribution in [2.75, 3.05) is 5.32 Å². The first-order valence-corrected chi connectivity index (χ1v) is 9.17. The highest BCUT2D eigenvalue weighted by atomic mass is 19.3. The monoisotopic (exact) mass is 353 g/mol. The molecule has 0 radical (unpaired) electrons. The van der Waals surface area contributed by atoms with Crippen LogP contribution in [-0.4, -0.2) is 21.6 Å². The van der Waals surface area contributed by atoms with Crippen LogP contribution < -0.4 is 5.32 Å². The molecule has 1 aliphatic carbocycles. The first-order valence-electron chi connectivity index (χ1n) is 9.17. The Morgan fingerprint density at radius 2 is 1.96 bits per heavy atom. The highest BCUT2D eigenvalue weighted by molar-refractivity contribution is 5.91. The average molecular weight is 353 g/mol. The summed E-state index contributed by atoms with van der Waals surface area (Å²) in [4.78, 5) is 12.3. The number of carbonyl (C=O) groups is 1. The number of anilines is 1. The van der Waals surface area contributed by atoms with Crippen molar-refractivity contribution in [3.8, 4) is 0 Å². The van der Waals surface area contributed by atoms with E-state index >= 15 is 0 Å². The first-order chi connectivity index (χ1) is 11.4. The van der Waals surface area contributed by atoms with E-state index in [1.54, 1.807) is 0 Å². The Balaban J connectivity index is 1.84. The van der Waals surface area contributed by atoms with Crippen molar-refractivity contribution in [2.45, 2.75) is 85.1 Å². The number of carbonyl (C=O) groups excluding carboxylic acids is 1. The Morgan fingerprint density at radius 1 is 1.32 bits per heavy atom. The number of amides is 1. The van der Waals surface area contributed by atoms with Crippen LogP contribution in [0, 0.1) is 10.8 Å². The number of rotatable bonds is 3. The maximum atomic E-state index is 13.5. The third kappa shape index (κ3) is 3.72. The summed E-state index contributed by atoms with van der Waals surface area (Å²) < 4.78 is 28.8. The summed E-state index contributed by atoms with van der Waals surface area (Å²) in [6, 6.07) is 0. The van der Waals surface area contributed by atoms with Gasteiger partial charge in [0.05, 0.1) is 0 Å². The number of nitrogens with zero attached hydrogens (tertiary/aromatic N) is 2. The summed E-state index contributed by atoms with van der Waals surface area (Å²) in [5.74, 6) is -1.76. The van der Waals surface area contributed by atoms with Crippen molar-refractivity contribution in [1.82, 2.24) is 9.78 Å². The summed E-state index contributed by atoms with van der Waals surface area (Å²) in [5.41, 5.74) is 1.66. The number of alkyl halides is 2. The van der Waals surface area contributed by atoms with Crippen molar-refractivity contribution < 1.29 is 13.6 Å². The molecule has 6 heteroatoms. The molecular weight excluding hydrogens is 324 g/mol. The molecule has 1 amide bonds. The lowest BCUT2D eigenvalue weighted by Gasteiger charge is -2.49. The Kier molecular flexibility index (Phi) is 4.24. The predicted molar refractivity (Wildman–Crippen MR) is 94.0 cm³/mol. The van der Waals surface area contributed by atoms with Crippen molar-refractivity contribution in [2.24, 2.45) is 10.8 Å². The van der Waals surface area contributed by atoms with Crippen LogP contribution in [0.1, 0.15) is 77.5 Å². The van der Waals surface area contributed by atoms with Crippen LogP contribution in [0.2, 0.25) is 0 Å². The number of aryl methyl sites for hydroxylation is 1. The molecule has 1 N–H and O–H groups in total. The van der Waals surface area contributed by atoms with Crippen LogP contribution in [0.5, 0.6) is 0 Å². The molecule has 1 aromatic rings. The van der Waals surface area contributed by atoms with Gasteiger partial charge in [-0.15, -0.1) is 0 Å². The van der Waals surface area contributed by atoms with Crippen LogP contribution >= 0.6 is 0 Å². The molecule has 140 valence electrons. The highest BCUT2D eigenvalue weighted by Gasteiger charge is 2.57. The van der Waals surface area contributed by atoms with Gasteiger partial charge in [-0.3, -0.25) is 9.48 Å². The molecule has 4 nitrogen and oxygen atoms in total. The lowest BCUT2D eigenvalue weighted by atomic mass is 9.60. The van der Waals surface area contributed by atoms with E-state index in [4.69, 9.17) is 0 Å². The molecular formula is C19H29F2N3O. The van der Waals surface area contributed by atoms with E-state index in [0.717, 1.165) is 17.7 Å². The molecule has 0 atom stereocenters. The quantitative estimate of drug-likeness (QED) is 0.853. The molecule has 1 saturated carbocycles. The summed E-state index contributed by atoms with van der Waals surface area (Å²) in [7, 11) is 0. The maximum absolute atomic E-state index is 13.5. The minimum absolute atomic E-state index is 0.0194. The van der Waals surface area contributed by atoms with Gasteiger partial charge in [-0.25, -0.2) is 8.78 Å². The van der Waals surface area contributed by atoms with Crippen molar-refractivity contribution in [1.29, 1.82) is 0 Å². The smallest absolute Gasteiger partial charge is 0.249 e. The topological polar surface area (TPSA) is 46.9 Å². The molecule has 1 aromatic heterocycles. The van der Waals surface area contributed by atoms with E-state index in [9.17, 15) is 13.6 Å². The second kappa shape index (κ2) is 5.78. The van der Waals surface area contributed by atoms with Crippen LogP contribution in [-0.2, 0) is 17.8 Å². The molecule has 1 aliphatic heterocycles. The third-order valence-electron chi connectivity index (χ3n) is 5.29. The van der Waals surface area contributed by atoms with Crippen LogP contribution in [0.15, 0.2) is 0 Å². The molecule has 1 fully saturated rings. The molecule has 1 spiro atoms. The maximum Gasteiger partial charge on any atom is 0.249 e. The number of hydrogen-bond acceptors (Lipinski definition) is 2. The minimum Gasteiger partial charge on any atom is -0.309 e. The minimum atomic E-state index is -2.51. The van der Waals surface area contributed by atoms with Crippen molar-refractivity contribution >= 4 is 11.7 Å². The van der Waals surface area contributed by atoms with Crippen molar-refractivity contribution in [3.05, 3.63) is 11.3 Å². The van der Waals surface area contributed by atoms with Gasteiger partial charge in [-0.2, -0.15) is 5.10 Å². The molecule has 0 saturated heterocycles.